The smallest absolute Gasteiger partial charge is 0.225 e. The third-order valence-corrected chi connectivity index (χ3v) is 5.54. The lowest BCUT2D eigenvalue weighted by molar-refractivity contribution is -0.129. The van der Waals surface area contributed by atoms with Gasteiger partial charge in [-0.25, -0.2) is 8.93 Å². The Balaban J connectivity index is 2.17. The minimum Gasteiger partial charge on any atom is -0.349 e. The summed E-state index contributed by atoms with van der Waals surface area (Å²) in [4.78, 5) is 13.0. The van der Waals surface area contributed by atoms with Crippen molar-refractivity contribution in [1.29, 1.82) is 0 Å². The van der Waals surface area contributed by atoms with Crippen LogP contribution in [0.4, 0.5) is 0 Å². The zero-order valence-electron chi connectivity index (χ0n) is 16.1. The Morgan fingerprint density at radius 1 is 0.923 bits per heavy atom. The molecule has 2 rings (SSSR count). The van der Waals surface area contributed by atoms with E-state index in [9.17, 15) is 9.00 Å². The fraction of sp³-hybridized carbons (Fsp3) is 0.381. The molecule has 0 radical (unpaired) electrons. The van der Waals surface area contributed by atoms with E-state index in [4.69, 9.17) is 0 Å². The van der Waals surface area contributed by atoms with Gasteiger partial charge in [0.1, 0.15) is 11.0 Å². The van der Waals surface area contributed by atoms with Gasteiger partial charge in [0.2, 0.25) is 5.91 Å². The molecule has 0 bridgehead atoms. The van der Waals surface area contributed by atoms with Gasteiger partial charge < -0.3 is 5.32 Å². The molecule has 0 aromatic heterocycles. The summed E-state index contributed by atoms with van der Waals surface area (Å²) in [6, 6.07) is 17.1. The van der Waals surface area contributed by atoms with Crippen molar-refractivity contribution in [3.05, 3.63) is 65.7 Å². The maximum absolute atomic E-state index is 12.9. The van der Waals surface area contributed by atoms with E-state index in [1.807, 2.05) is 89.2 Å². The van der Waals surface area contributed by atoms with Gasteiger partial charge in [0.15, 0.2) is 0 Å². The number of benzene rings is 2. The van der Waals surface area contributed by atoms with E-state index < -0.39 is 16.4 Å². The third kappa shape index (κ3) is 5.26. The Morgan fingerprint density at radius 3 is 2.12 bits per heavy atom. The highest BCUT2D eigenvalue weighted by molar-refractivity contribution is 7.83. The lowest BCUT2D eigenvalue weighted by Gasteiger charge is -2.24. The van der Waals surface area contributed by atoms with Crippen LogP contribution in [-0.2, 0) is 15.8 Å². The summed E-state index contributed by atoms with van der Waals surface area (Å²) in [6.45, 7) is 9.54. The van der Waals surface area contributed by atoms with E-state index in [-0.39, 0.29) is 18.0 Å². The average molecular weight is 373 g/mol. The Bertz CT molecular complexity index is 769. The summed E-state index contributed by atoms with van der Waals surface area (Å²) in [5.74, 6) is -0.0313. The van der Waals surface area contributed by atoms with Crippen LogP contribution in [0.5, 0.6) is 0 Å². The fourth-order valence-corrected chi connectivity index (χ4v) is 3.78. The maximum Gasteiger partial charge on any atom is 0.225 e. The number of amides is 1. The summed E-state index contributed by atoms with van der Waals surface area (Å²) in [5, 5.41) is 3.02. The van der Waals surface area contributed by atoms with Gasteiger partial charge in [-0.05, 0) is 31.0 Å². The third-order valence-electron chi connectivity index (χ3n) is 4.20. The van der Waals surface area contributed by atoms with Crippen LogP contribution in [0.15, 0.2) is 59.5 Å². The molecule has 26 heavy (non-hydrogen) atoms. The minimum absolute atomic E-state index is 0.0313. The average Bonchev–Trinajstić information content (AvgIpc) is 2.61. The quantitative estimate of drug-likeness (QED) is 0.795. The van der Waals surface area contributed by atoms with Crippen molar-refractivity contribution in [3.63, 3.8) is 0 Å². The lowest BCUT2D eigenvalue weighted by atomic mass is 9.94. The topological polar surface area (TPSA) is 58.2 Å². The van der Waals surface area contributed by atoms with Crippen LogP contribution < -0.4 is 10.0 Å². The minimum atomic E-state index is -1.38. The molecule has 0 heterocycles. The zero-order valence-corrected chi connectivity index (χ0v) is 16.9. The maximum atomic E-state index is 12.9. The van der Waals surface area contributed by atoms with Gasteiger partial charge in [-0.2, -0.15) is 0 Å². The fourth-order valence-electron chi connectivity index (χ4n) is 2.53. The second kappa shape index (κ2) is 8.60. The highest BCUT2D eigenvalue weighted by Crippen LogP contribution is 2.24. The molecule has 2 N–H and O–H groups in total. The van der Waals surface area contributed by atoms with Crippen LogP contribution >= 0.6 is 0 Å². The lowest BCUT2D eigenvalue weighted by Crippen LogP contribution is -2.37. The summed E-state index contributed by atoms with van der Waals surface area (Å²) in [6.07, 6.45) is 0. The van der Waals surface area contributed by atoms with Gasteiger partial charge in [0.25, 0.3) is 0 Å². The highest BCUT2D eigenvalue weighted by atomic mass is 32.2. The normalized spacial score (nSPS) is 15.1. The molecule has 0 aliphatic rings. The molecule has 0 spiro atoms. The van der Waals surface area contributed by atoms with Gasteiger partial charge in [0.05, 0.1) is 10.9 Å². The van der Waals surface area contributed by atoms with Crippen molar-refractivity contribution in [2.75, 3.05) is 0 Å². The summed E-state index contributed by atoms with van der Waals surface area (Å²) < 4.78 is 16.1. The molecular weight excluding hydrogens is 344 g/mol. The number of nitrogens with one attached hydrogen (secondary N) is 2. The molecule has 2 aromatic carbocycles. The number of hydrogen-bond donors (Lipinski definition) is 2. The van der Waals surface area contributed by atoms with Gasteiger partial charge >= 0.3 is 0 Å². The van der Waals surface area contributed by atoms with Crippen molar-refractivity contribution in [3.8, 4) is 0 Å². The van der Waals surface area contributed by atoms with Crippen molar-refractivity contribution >= 4 is 16.9 Å². The van der Waals surface area contributed by atoms with Crippen molar-refractivity contribution in [1.82, 2.24) is 10.0 Å². The number of carbonyl (C=O) groups excluding carboxylic acids is 1. The van der Waals surface area contributed by atoms with Crippen molar-refractivity contribution in [2.24, 2.45) is 5.41 Å². The van der Waals surface area contributed by atoms with E-state index in [0.29, 0.717) is 4.90 Å². The molecule has 140 valence electrons. The van der Waals surface area contributed by atoms with Crippen LogP contribution in [0.25, 0.3) is 0 Å². The predicted molar refractivity (Wildman–Crippen MR) is 107 cm³/mol. The Morgan fingerprint density at radius 2 is 1.50 bits per heavy atom. The van der Waals surface area contributed by atoms with Gasteiger partial charge in [0, 0.05) is 11.5 Å². The molecule has 1 unspecified atom stereocenters. The largest absolute Gasteiger partial charge is 0.349 e. The van der Waals surface area contributed by atoms with E-state index >= 15 is 0 Å². The van der Waals surface area contributed by atoms with Crippen molar-refractivity contribution in [2.45, 2.75) is 51.6 Å². The van der Waals surface area contributed by atoms with Crippen LogP contribution in [-0.4, -0.2) is 10.1 Å². The molecule has 3 atom stereocenters. The van der Waals surface area contributed by atoms with E-state index in [0.717, 1.165) is 11.1 Å². The summed E-state index contributed by atoms with van der Waals surface area (Å²) in [7, 11) is -1.38. The number of hydrogen-bond acceptors (Lipinski definition) is 2. The van der Waals surface area contributed by atoms with Crippen LogP contribution in [0.1, 0.15) is 57.8 Å². The molecule has 0 saturated heterocycles. The molecule has 0 aliphatic heterocycles. The first-order chi connectivity index (χ1) is 12.2. The molecule has 0 saturated carbocycles. The van der Waals surface area contributed by atoms with Crippen molar-refractivity contribution < 1.29 is 9.00 Å². The monoisotopic (exact) mass is 372 g/mol. The first kappa shape index (κ1) is 20.3. The van der Waals surface area contributed by atoms with Gasteiger partial charge in [-0.3, -0.25) is 4.79 Å². The van der Waals surface area contributed by atoms with E-state index in [2.05, 4.69) is 10.0 Å². The molecule has 5 heteroatoms. The predicted octanol–water partition coefficient (Wildman–Crippen LogP) is 4.28. The van der Waals surface area contributed by atoms with Crippen LogP contribution in [0.2, 0.25) is 0 Å². The molecule has 1 amide bonds. The first-order valence-corrected chi connectivity index (χ1v) is 9.98. The molecule has 2 aromatic rings. The first-order valence-electron chi connectivity index (χ1n) is 8.83. The second-order valence-corrected chi connectivity index (χ2v) is 8.71. The number of rotatable bonds is 6. The van der Waals surface area contributed by atoms with Crippen LogP contribution in [0.3, 0.4) is 0 Å². The zero-order chi connectivity index (χ0) is 19.3. The molecule has 0 fully saturated rings. The standard InChI is InChI=1S/C21H28N2O2S/c1-15(17-11-7-6-8-12-17)23-26(25)19-14-10-9-13-18(19)16(2)22-20(24)21(3,4)5/h6-16,23H,1-5H3,(H,22,24)/t15-,16-,26?/m1/s1. The molecule has 4 nitrogen and oxygen atoms in total. The number of carbonyl (C=O) groups is 1. The second-order valence-electron chi connectivity index (χ2n) is 7.50. The summed E-state index contributed by atoms with van der Waals surface area (Å²) in [5.41, 5.74) is 1.46. The Labute approximate surface area is 159 Å². The summed E-state index contributed by atoms with van der Waals surface area (Å²) >= 11 is 0. The highest BCUT2D eigenvalue weighted by Gasteiger charge is 2.24. The van der Waals surface area contributed by atoms with Crippen LogP contribution in [0, 0.1) is 5.41 Å². The van der Waals surface area contributed by atoms with Gasteiger partial charge in [-0.1, -0.05) is 69.3 Å². The van der Waals surface area contributed by atoms with E-state index in [1.54, 1.807) is 0 Å². The molecule has 0 aliphatic carbocycles. The molecular formula is C21H28N2O2S. The Kier molecular flexibility index (Phi) is 6.73. The van der Waals surface area contributed by atoms with Gasteiger partial charge in [-0.15, -0.1) is 0 Å². The van der Waals surface area contributed by atoms with E-state index in [1.165, 1.54) is 0 Å². The Hall–Kier alpha value is -1.98. The SMILES string of the molecule is C[C@@H](NS(=O)c1ccccc1[C@@H](C)NC(=O)C(C)(C)C)c1ccccc1.